The quantitative estimate of drug-likeness (QED) is 0.614. The number of rotatable bonds is 6. The topological polar surface area (TPSA) is 108 Å². The Balaban J connectivity index is 1.64. The third-order valence-electron chi connectivity index (χ3n) is 4.41. The zero-order valence-corrected chi connectivity index (χ0v) is 17.1. The number of aryl methyl sites for hydroxylation is 2. The highest BCUT2D eigenvalue weighted by Crippen LogP contribution is 2.27. The Hall–Kier alpha value is -3.20. The Morgan fingerprint density at radius 3 is 2.76 bits per heavy atom. The molecule has 152 valence electrons. The van der Waals surface area contributed by atoms with Crippen molar-refractivity contribution in [1.82, 2.24) is 19.6 Å². The van der Waals surface area contributed by atoms with Gasteiger partial charge in [0.1, 0.15) is 12.1 Å². The van der Waals surface area contributed by atoms with Gasteiger partial charge in [-0.05, 0) is 39.0 Å². The van der Waals surface area contributed by atoms with Crippen LogP contribution in [0.3, 0.4) is 0 Å². The molecule has 1 aromatic carbocycles. The number of nitrogens with zero attached hydrogens (tertiary/aromatic N) is 4. The first kappa shape index (κ1) is 20.5. The first-order valence-corrected chi connectivity index (χ1v) is 9.17. The van der Waals surface area contributed by atoms with Gasteiger partial charge in [0, 0.05) is 22.6 Å². The number of hydrogen-bond acceptors (Lipinski definition) is 7. The average Bonchev–Trinajstić information content (AvgIpc) is 3.13. The zero-order valence-electron chi connectivity index (χ0n) is 16.4. The molecular formula is C19H20ClN5O4. The Kier molecular flexibility index (Phi) is 5.97. The lowest BCUT2D eigenvalue weighted by Crippen LogP contribution is -2.30. The summed E-state index contributed by atoms with van der Waals surface area (Å²) in [5.74, 6) is -0.0679. The second-order valence-electron chi connectivity index (χ2n) is 6.38. The highest BCUT2D eigenvalue weighted by molar-refractivity contribution is 6.32. The Labute approximate surface area is 172 Å². The minimum Gasteiger partial charge on any atom is -0.495 e. The van der Waals surface area contributed by atoms with E-state index in [9.17, 15) is 9.59 Å². The van der Waals surface area contributed by atoms with Gasteiger partial charge in [-0.15, -0.1) is 0 Å². The predicted octanol–water partition coefficient (Wildman–Crippen LogP) is 2.52. The van der Waals surface area contributed by atoms with Gasteiger partial charge < -0.3 is 14.8 Å². The molecule has 0 bridgehead atoms. The van der Waals surface area contributed by atoms with Gasteiger partial charge in [0.05, 0.1) is 18.6 Å². The summed E-state index contributed by atoms with van der Waals surface area (Å²) in [6.07, 6.45) is 0.369. The number of carbonyl (C=O) groups is 2. The summed E-state index contributed by atoms with van der Waals surface area (Å²) in [5, 5.41) is 7.10. The van der Waals surface area contributed by atoms with E-state index in [4.69, 9.17) is 21.1 Å². The monoisotopic (exact) mass is 417 g/mol. The van der Waals surface area contributed by atoms with E-state index in [1.54, 1.807) is 29.6 Å². The molecular weight excluding hydrogens is 398 g/mol. The maximum Gasteiger partial charge on any atom is 0.311 e. The molecule has 0 aliphatic carbocycles. The molecule has 0 unspecified atom stereocenters. The van der Waals surface area contributed by atoms with Crippen LogP contribution in [0.15, 0.2) is 24.5 Å². The largest absolute Gasteiger partial charge is 0.495 e. The van der Waals surface area contributed by atoms with Crippen molar-refractivity contribution in [3.8, 4) is 5.75 Å². The van der Waals surface area contributed by atoms with Crippen molar-refractivity contribution in [2.75, 3.05) is 12.4 Å². The van der Waals surface area contributed by atoms with Crippen molar-refractivity contribution >= 4 is 34.9 Å². The third kappa shape index (κ3) is 4.45. The molecule has 0 radical (unpaired) electrons. The van der Waals surface area contributed by atoms with E-state index in [0.717, 1.165) is 5.69 Å². The lowest BCUT2D eigenvalue weighted by Gasteiger charge is -2.15. The van der Waals surface area contributed by atoms with Crippen LogP contribution >= 0.6 is 11.6 Å². The summed E-state index contributed by atoms with van der Waals surface area (Å²) >= 11 is 6.05. The lowest BCUT2D eigenvalue weighted by atomic mass is 10.1. The predicted molar refractivity (Wildman–Crippen MR) is 106 cm³/mol. The van der Waals surface area contributed by atoms with Crippen molar-refractivity contribution < 1.29 is 19.1 Å². The van der Waals surface area contributed by atoms with Gasteiger partial charge >= 0.3 is 5.97 Å². The van der Waals surface area contributed by atoms with Gasteiger partial charge in [0.25, 0.3) is 11.7 Å². The van der Waals surface area contributed by atoms with Gasteiger partial charge in [-0.2, -0.15) is 10.1 Å². The van der Waals surface area contributed by atoms with Crippen LogP contribution in [0.1, 0.15) is 23.9 Å². The number of carbonyl (C=O) groups excluding carboxylic acids is 2. The highest BCUT2D eigenvalue weighted by Gasteiger charge is 2.21. The number of benzene rings is 1. The molecule has 0 saturated carbocycles. The summed E-state index contributed by atoms with van der Waals surface area (Å²) in [5.41, 5.74) is 2.55. The van der Waals surface area contributed by atoms with Crippen molar-refractivity contribution in [3.63, 3.8) is 0 Å². The third-order valence-corrected chi connectivity index (χ3v) is 4.70. The average molecular weight is 418 g/mol. The second-order valence-corrected chi connectivity index (χ2v) is 6.79. The molecule has 9 nitrogen and oxygen atoms in total. The summed E-state index contributed by atoms with van der Waals surface area (Å²) < 4.78 is 11.9. The van der Waals surface area contributed by atoms with Crippen LogP contribution in [0, 0.1) is 13.8 Å². The van der Waals surface area contributed by atoms with Crippen LogP contribution in [0.2, 0.25) is 5.02 Å². The number of amides is 1. The SMILES string of the molecule is COc1ccc(NC(=O)[C@@H](C)OC(=O)Cc2c(C)nc3ncnn3c2C)cc1Cl. The maximum atomic E-state index is 12.4. The first-order chi connectivity index (χ1) is 13.8. The molecule has 0 saturated heterocycles. The first-order valence-electron chi connectivity index (χ1n) is 8.80. The number of ether oxygens (including phenoxy) is 2. The smallest absolute Gasteiger partial charge is 0.311 e. The molecule has 2 heterocycles. The normalized spacial score (nSPS) is 11.9. The summed E-state index contributed by atoms with van der Waals surface area (Å²) in [6.45, 7) is 5.10. The number of esters is 1. The van der Waals surface area contributed by atoms with E-state index in [-0.39, 0.29) is 6.42 Å². The van der Waals surface area contributed by atoms with E-state index in [2.05, 4.69) is 20.4 Å². The van der Waals surface area contributed by atoms with E-state index >= 15 is 0 Å². The molecule has 0 spiro atoms. The van der Waals surface area contributed by atoms with E-state index in [1.807, 2.05) is 6.92 Å². The highest BCUT2D eigenvalue weighted by atomic mass is 35.5. The molecule has 1 N–H and O–H groups in total. The van der Waals surface area contributed by atoms with Crippen LogP contribution in [0.5, 0.6) is 5.75 Å². The van der Waals surface area contributed by atoms with Crippen molar-refractivity contribution in [2.45, 2.75) is 33.3 Å². The molecule has 1 atom stereocenters. The van der Waals surface area contributed by atoms with Gasteiger partial charge in [-0.25, -0.2) is 9.50 Å². The number of halogens is 1. The number of aromatic nitrogens is 4. The number of hydrogen-bond donors (Lipinski definition) is 1. The molecule has 0 aliphatic rings. The summed E-state index contributed by atoms with van der Waals surface area (Å²) in [6, 6.07) is 4.83. The van der Waals surface area contributed by atoms with E-state index in [1.165, 1.54) is 20.4 Å². The zero-order chi connectivity index (χ0) is 21.1. The molecule has 2 aromatic heterocycles. The van der Waals surface area contributed by atoms with Crippen molar-refractivity contribution in [2.24, 2.45) is 0 Å². The fraction of sp³-hybridized carbons (Fsp3) is 0.316. The molecule has 10 heteroatoms. The van der Waals surface area contributed by atoms with E-state index < -0.39 is 18.0 Å². The minimum atomic E-state index is -0.993. The summed E-state index contributed by atoms with van der Waals surface area (Å²) in [4.78, 5) is 33.1. The van der Waals surface area contributed by atoms with Gasteiger partial charge in [0.2, 0.25) is 0 Å². The summed E-state index contributed by atoms with van der Waals surface area (Å²) in [7, 11) is 1.50. The fourth-order valence-electron chi connectivity index (χ4n) is 2.84. The van der Waals surface area contributed by atoms with Crippen LogP contribution < -0.4 is 10.1 Å². The van der Waals surface area contributed by atoms with Crippen molar-refractivity contribution in [3.05, 3.63) is 46.5 Å². The number of nitrogens with one attached hydrogen (secondary N) is 1. The van der Waals surface area contributed by atoms with Gasteiger partial charge in [0.15, 0.2) is 6.10 Å². The minimum absolute atomic E-state index is 0.0353. The van der Waals surface area contributed by atoms with Gasteiger partial charge in [-0.1, -0.05) is 11.6 Å². The molecule has 3 aromatic rings. The Bertz CT molecular complexity index is 1080. The van der Waals surface area contributed by atoms with Crippen LogP contribution in [-0.2, 0) is 20.7 Å². The Morgan fingerprint density at radius 2 is 2.07 bits per heavy atom. The Morgan fingerprint density at radius 1 is 1.31 bits per heavy atom. The van der Waals surface area contributed by atoms with Crippen molar-refractivity contribution in [1.29, 1.82) is 0 Å². The maximum absolute atomic E-state index is 12.4. The standard InChI is InChI=1S/C19H20ClN5O4/c1-10-14(11(2)25-19(23-10)21-9-22-25)8-17(26)29-12(3)18(27)24-13-5-6-16(28-4)15(20)7-13/h5-7,9,12H,8H2,1-4H3,(H,24,27)/t12-/m1/s1. The molecule has 0 aliphatic heterocycles. The number of fused-ring (bicyclic) bond motifs is 1. The lowest BCUT2D eigenvalue weighted by molar-refractivity contribution is -0.152. The fourth-order valence-corrected chi connectivity index (χ4v) is 3.09. The number of methoxy groups -OCH3 is 1. The number of anilines is 1. The van der Waals surface area contributed by atoms with Gasteiger partial charge in [-0.3, -0.25) is 9.59 Å². The molecule has 1 amide bonds. The van der Waals surface area contributed by atoms with Crippen LogP contribution in [-0.4, -0.2) is 44.7 Å². The molecule has 0 fully saturated rings. The molecule has 3 rings (SSSR count). The van der Waals surface area contributed by atoms with Crippen LogP contribution in [0.25, 0.3) is 5.78 Å². The van der Waals surface area contributed by atoms with Crippen LogP contribution in [0.4, 0.5) is 5.69 Å². The second kappa shape index (κ2) is 8.44. The van der Waals surface area contributed by atoms with E-state index in [0.29, 0.717) is 33.5 Å². The molecule has 29 heavy (non-hydrogen) atoms.